The summed E-state index contributed by atoms with van der Waals surface area (Å²) in [5.41, 5.74) is 14.0. The molecule has 0 aliphatic heterocycles. The van der Waals surface area contributed by atoms with Crippen molar-refractivity contribution in [1.29, 1.82) is 0 Å². The van der Waals surface area contributed by atoms with Crippen molar-refractivity contribution in [3.05, 3.63) is 115 Å². The van der Waals surface area contributed by atoms with E-state index in [4.69, 9.17) is 5.73 Å². The van der Waals surface area contributed by atoms with Gasteiger partial charge in [-0.3, -0.25) is 4.98 Å². The maximum absolute atomic E-state index is 13.8. The van der Waals surface area contributed by atoms with Gasteiger partial charge in [0.15, 0.2) is 0 Å². The van der Waals surface area contributed by atoms with Crippen LogP contribution in [0.5, 0.6) is 0 Å². The first kappa shape index (κ1) is 18.8. The molecule has 31 heavy (non-hydrogen) atoms. The highest BCUT2D eigenvalue weighted by Crippen LogP contribution is 2.35. The van der Waals surface area contributed by atoms with E-state index in [9.17, 15) is 4.39 Å². The number of nitrogens with two attached hydrogens (primary N) is 1. The van der Waals surface area contributed by atoms with Crippen LogP contribution in [0.1, 0.15) is 11.3 Å². The highest BCUT2D eigenvalue weighted by molar-refractivity contribution is 5.99. The van der Waals surface area contributed by atoms with Crippen LogP contribution in [0.25, 0.3) is 38.9 Å². The number of nitrogens with one attached hydrogen (secondary N) is 1. The predicted molar refractivity (Wildman–Crippen MR) is 126 cm³/mol. The summed E-state index contributed by atoms with van der Waals surface area (Å²) in [6.07, 6.45) is 1.77. The molecule has 0 aliphatic rings. The molecule has 4 heteroatoms. The number of aromatic amines is 1. The number of benzene rings is 3. The fourth-order valence-corrected chi connectivity index (χ4v) is 3.88. The van der Waals surface area contributed by atoms with Crippen molar-refractivity contribution in [1.82, 2.24) is 9.97 Å². The lowest BCUT2D eigenvalue weighted by Crippen LogP contribution is -1.96. The molecule has 3 N–H and O–H groups in total. The second-order valence-corrected chi connectivity index (χ2v) is 7.46. The Hall–Kier alpha value is -4.18. The second-order valence-electron chi connectivity index (χ2n) is 7.46. The van der Waals surface area contributed by atoms with Crippen LogP contribution >= 0.6 is 0 Å². The lowest BCUT2D eigenvalue weighted by molar-refractivity contribution is 0.628. The monoisotopic (exact) mass is 405 g/mol. The van der Waals surface area contributed by atoms with Crippen LogP contribution in [0.3, 0.4) is 0 Å². The van der Waals surface area contributed by atoms with Gasteiger partial charge in [0.25, 0.3) is 0 Å². The summed E-state index contributed by atoms with van der Waals surface area (Å²) in [5.74, 6) is -0.256. The van der Waals surface area contributed by atoms with E-state index in [1.54, 1.807) is 18.3 Å². The van der Waals surface area contributed by atoms with Gasteiger partial charge in [-0.1, -0.05) is 43.0 Å². The second kappa shape index (κ2) is 7.58. The van der Waals surface area contributed by atoms with Crippen LogP contribution in [0.4, 0.5) is 10.1 Å². The zero-order valence-corrected chi connectivity index (χ0v) is 16.8. The lowest BCUT2D eigenvalue weighted by atomic mass is 9.97. The third-order valence-corrected chi connectivity index (χ3v) is 5.46. The van der Waals surface area contributed by atoms with Gasteiger partial charge < -0.3 is 10.7 Å². The molecule has 0 saturated carbocycles. The molecule has 0 aliphatic carbocycles. The molecule has 0 saturated heterocycles. The Bertz CT molecular complexity index is 1420. The average Bonchev–Trinajstić information content (AvgIpc) is 3.24. The van der Waals surface area contributed by atoms with Crippen LogP contribution < -0.4 is 5.73 Å². The minimum atomic E-state index is -0.256. The number of hydrogen-bond donors (Lipinski definition) is 2. The summed E-state index contributed by atoms with van der Waals surface area (Å²) < 4.78 is 13.8. The molecule has 0 fully saturated rings. The van der Waals surface area contributed by atoms with E-state index in [2.05, 4.69) is 16.5 Å². The average molecular weight is 405 g/mol. The predicted octanol–water partition coefficient (Wildman–Crippen LogP) is 6.68. The number of anilines is 1. The topological polar surface area (TPSA) is 54.7 Å². The van der Waals surface area contributed by atoms with E-state index < -0.39 is 0 Å². The first-order valence-corrected chi connectivity index (χ1v) is 9.98. The lowest BCUT2D eigenvalue weighted by Gasteiger charge is -2.10. The number of hydrogen-bond acceptors (Lipinski definition) is 2. The molecule has 0 spiro atoms. The van der Waals surface area contributed by atoms with Crippen LogP contribution in [0, 0.1) is 5.82 Å². The molecule has 5 aromatic rings. The molecule has 0 atom stereocenters. The summed E-state index contributed by atoms with van der Waals surface area (Å²) in [4.78, 5) is 7.87. The number of halogens is 1. The normalized spacial score (nSPS) is 11.0. The van der Waals surface area contributed by atoms with Crippen LogP contribution in [0.15, 0.2) is 97.7 Å². The van der Waals surface area contributed by atoms with Crippen molar-refractivity contribution in [3.63, 3.8) is 0 Å². The third-order valence-electron chi connectivity index (χ3n) is 5.46. The van der Waals surface area contributed by atoms with E-state index in [-0.39, 0.29) is 5.82 Å². The molecule has 3 aromatic carbocycles. The number of nitrogens with zero attached hydrogens (tertiary/aromatic N) is 1. The van der Waals surface area contributed by atoms with E-state index in [1.807, 2.05) is 66.7 Å². The van der Waals surface area contributed by atoms with Crippen LogP contribution in [0.2, 0.25) is 0 Å². The Balaban J connectivity index is 1.59. The third kappa shape index (κ3) is 3.49. The summed E-state index contributed by atoms with van der Waals surface area (Å²) in [7, 11) is 0. The molecule has 2 aromatic heterocycles. The summed E-state index contributed by atoms with van der Waals surface area (Å²) in [6.45, 7) is 4.31. The summed E-state index contributed by atoms with van der Waals surface area (Å²) >= 11 is 0. The van der Waals surface area contributed by atoms with Crippen molar-refractivity contribution in [2.45, 2.75) is 0 Å². The summed E-state index contributed by atoms with van der Waals surface area (Å²) in [5, 5.41) is 1.00. The maximum Gasteiger partial charge on any atom is 0.123 e. The van der Waals surface area contributed by atoms with E-state index in [1.165, 1.54) is 6.07 Å². The smallest absolute Gasteiger partial charge is 0.123 e. The first-order valence-electron chi connectivity index (χ1n) is 9.98. The molecule has 150 valence electrons. The van der Waals surface area contributed by atoms with E-state index in [0.29, 0.717) is 5.69 Å². The Morgan fingerprint density at radius 3 is 2.55 bits per heavy atom. The number of nitrogen functional groups attached to an aromatic ring is 1. The zero-order chi connectivity index (χ0) is 21.4. The van der Waals surface area contributed by atoms with E-state index in [0.717, 1.165) is 50.1 Å². The van der Waals surface area contributed by atoms with Crippen LogP contribution in [-0.2, 0) is 0 Å². The largest absolute Gasteiger partial charge is 0.398 e. The Morgan fingerprint density at radius 2 is 1.74 bits per heavy atom. The minimum Gasteiger partial charge on any atom is -0.398 e. The zero-order valence-electron chi connectivity index (χ0n) is 16.8. The molecule has 3 nitrogen and oxygen atoms in total. The maximum atomic E-state index is 13.8. The molecular formula is C27H20FN3. The van der Waals surface area contributed by atoms with Gasteiger partial charge in [0, 0.05) is 45.2 Å². The van der Waals surface area contributed by atoms with Gasteiger partial charge >= 0.3 is 0 Å². The standard InChI is InChI=1S/C27H20FN3/c1-17(22-15-19(11-12-24(22)29)25-9-2-3-13-30-25)27-16-23-21(8-5-10-26(23)31-27)18-6-4-7-20(28)14-18/h2-16,31H,1,29H2. The Kier molecular flexibility index (Phi) is 4.60. The number of aromatic nitrogens is 2. The quantitative estimate of drug-likeness (QED) is 0.328. The highest BCUT2D eigenvalue weighted by Gasteiger charge is 2.13. The molecule has 0 radical (unpaired) electrons. The SMILES string of the molecule is C=C(c1cc2c(-c3cccc(F)c3)cccc2[nH]1)c1cc(-c2ccccn2)ccc1N. The van der Waals surface area contributed by atoms with Crippen molar-refractivity contribution >= 4 is 22.2 Å². The Labute approximate surface area is 179 Å². The van der Waals surface area contributed by atoms with Crippen molar-refractivity contribution in [2.24, 2.45) is 0 Å². The summed E-state index contributed by atoms with van der Waals surface area (Å²) in [6, 6.07) is 26.3. The molecular weight excluding hydrogens is 385 g/mol. The van der Waals surface area contributed by atoms with Gasteiger partial charge in [-0.2, -0.15) is 0 Å². The van der Waals surface area contributed by atoms with Gasteiger partial charge in [0.05, 0.1) is 5.69 Å². The fourth-order valence-electron chi connectivity index (χ4n) is 3.88. The number of H-pyrrole nitrogens is 1. The van der Waals surface area contributed by atoms with Gasteiger partial charge in [-0.15, -0.1) is 0 Å². The number of rotatable bonds is 4. The minimum absolute atomic E-state index is 0.256. The van der Waals surface area contributed by atoms with Crippen molar-refractivity contribution in [2.75, 3.05) is 5.73 Å². The van der Waals surface area contributed by atoms with Crippen molar-refractivity contribution in [3.8, 4) is 22.4 Å². The van der Waals surface area contributed by atoms with Crippen molar-refractivity contribution < 1.29 is 4.39 Å². The van der Waals surface area contributed by atoms with Gasteiger partial charge in [0.2, 0.25) is 0 Å². The Morgan fingerprint density at radius 1 is 0.871 bits per heavy atom. The first-order chi connectivity index (χ1) is 15.1. The molecule has 0 unspecified atom stereocenters. The van der Waals surface area contributed by atoms with Gasteiger partial charge in [0.1, 0.15) is 5.82 Å². The molecule has 0 amide bonds. The van der Waals surface area contributed by atoms with Gasteiger partial charge in [-0.05, 0) is 59.7 Å². The molecule has 0 bridgehead atoms. The number of fused-ring (bicyclic) bond motifs is 1. The van der Waals surface area contributed by atoms with E-state index >= 15 is 0 Å². The molecule has 5 rings (SSSR count). The van der Waals surface area contributed by atoms with Gasteiger partial charge in [-0.25, -0.2) is 4.39 Å². The highest BCUT2D eigenvalue weighted by atomic mass is 19.1. The molecule has 2 heterocycles. The van der Waals surface area contributed by atoms with Crippen LogP contribution in [-0.4, -0.2) is 9.97 Å². The fraction of sp³-hybridized carbons (Fsp3) is 0. The number of pyridine rings is 1.